The standard InChI is InChI=1S/C13H23N5O3/c1-3-5-17-13(12(18(19)20)11(2)15-17)14-4-6-16-7-9-21-10-8-16/h14H,3-10H2,1-2H3. The number of aromatic nitrogens is 2. The quantitative estimate of drug-likeness (QED) is 0.602. The second-order valence-corrected chi connectivity index (χ2v) is 5.14. The predicted molar refractivity (Wildman–Crippen MR) is 79.7 cm³/mol. The molecule has 1 saturated heterocycles. The van der Waals surface area contributed by atoms with Gasteiger partial charge in [0.25, 0.3) is 0 Å². The molecular formula is C13H23N5O3. The zero-order valence-electron chi connectivity index (χ0n) is 12.7. The first-order valence-electron chi connectivity index (χ1n) is 7.39. The summed E-state index contributed by atoms with van der Waals surface area (Å²) in [6.45, 7) is 9.23. The lowest BCUT2D eigenvalue weighted by Gasteiger charge is -2.26. The van der Waals surface area contributed by atoms with Crippen molar-refractivity contribution in [3.8, 4) is 0 Å². The van der Waals surface area contributed by atoms with Gasteiger partial charge in [0.1, 0.15) is 5.69 Å². The van der Waals surface area contributed by atoms with Gasteiger partial charge >= 0.3 is 5.69 Å². The fraction of sp³-hybridized carbons (Fsp3) is 0.769. The molecule has 118 valence electrons. The van der Waals surface area contributed by atoms with Gasteiger partial charge in [-0.25, -0.2) is 4.68 Å². The fourth-order valence-corrected chi connectivity index (χ4v) is 2.50. The summed E-state index contributed by atoms with van der Waals surface area (Å²) in [5, 5.41) is 18.7. The molecule has 0 radical (unpaired) electrons. The van der Waals surface area contributed by atoms with Gasteiger partial charge in [-0.15, -0.1) is 0 Å². The molecule has 0 atom stereocenters. The summed E-state index contributed by atoms with van der Waals surface area (Å²) in [7, 11) is 0. The number of anilines is 1. The zero-order valence-corrected chi connectivity index (χ0v) is 12.7. The topological polar surface area (TPSA) is 85.5 Å². The van der Waals surface area contributed by atoms with Gasteiger partial charge in [-0.1, -0.05) is 6.92 Å². The fourth-order valence-electron chi connectivity index (χ4n) is 2.50. The van der Waals surface area contributed by atoms with Crippen LogP contribution in [0.5, 0.6) is 0 Å². The molecule has 0 amide bonds. The van der Waals surface area contributed by atoms with Crippen molar-refractivity contribution in [2.45, 2.75) is 26.8 Å². The van der Waals surface area contributed by atoms with Gasteiger partial charge in [0.2, 0.25) is 5.82 Å². The Bertz CT molecular complexity index is 482. The smallest absolute Gasteiger partial charge is 0.333 e. The van der Waals surface area contributed by atoms with Gasteiger partial charge in [0, 0.05) is 32.7 Å². The third kappa shape index (κ3) is 3.92. The van der Waals surface area contributed by atoms with Crippen LogP contribution in [0.2, 0.25) is 0 Å². The van der Waals surface area contributed by atoms with Crippen molar-refractivity contribution >= 4 is 11.5 Å². The van der Waals surface area contributed by atoms with E-state index in [9.17, 15) is 10.1 Å². The lowest BCUT2D eigenvalue weighted by atomic mass is 10.3. The Hall–Kier alpha value is -1.67. The molecule has 1 aromatic rings. The van der Waals surface area contributed by atoms with E-state index in [4.69, 9.17) is 4.74 Å². The number of hydrogen-bond donors (Lipinski definition) is 1. The van der Waals surface area contributed by atoms with Gasteiger partial charge in [0.15, 0.2) is 0 Å². The number of nitrogens with one attached hydrogen (secondary N) is 1. The zero-order chi connectivity index (χ0) is 15.2. The van der Waals surface area contributed by atoms with Gasteiger partial charge in [-0.2, -0.15) is 5.10 Å². The molecular weight excluding hydrogens is 274 g/mol. The average molecular weight is 297 g/mol. The minimum Gasteiger partial charge on any atom is -0.379 e. The Morgan fingerprint density at radius 2 is 2.10 bits per heavy atom. The number of nitrogens with zero attached hydrogens (tertiary/aromatic N) is 4. The van der Waals surface area contributed by atoms with Crippen LogP contribution in [-0.2, 0) is 11.3 Å². The maximum atomic E-state index is 11.2. The highest BCUT2D eigenvalue weighted by molar-refractivity contribution is 5.59. The van der Waals surface area contributed by atoms with Crippen LogP contribution in [0.15, 0.2) is 0 Å². The van der Waals surface area contributed by atoms with Crippen molar-refractivity contribution < 1.29 is 9.66 Å². The Balaban J connectivity index is 2.01. The third-order valence-corrected chi connectivity index (χ3v) is 3.54. The Kier molecular flexibility index (Phi) is 5.51. The Labute approximate surface area is 124 Å². The van der Waals surface area contributed by atoms with E-state index < -0.39 is 0 Å². The molecule has 1 N–H and O–H groups in total. The van der Waals surface area contributed by atoms with E-state index in [1.807, 2.05) is 6.92 Å². The van der Waals surface area contributed by atoms with Crippen LogP contribution in [0, 0.1) is 17.0 Å². The van der Waals surface area contributed by atoms with Crippen LogP contribution in [0.3, 0.4) is 0 Å². The lowest BCUT2D eigenvalue weighted by Crippen LogP contribution is -2.39. The molecule has 1 fully saturated rings. The molecule has 0 aliphatic carbocycles. The van der Waals surface area contributed by atoms with Crippen LogP contribution in [-0.4, -0.2) is 59.0 Å². The van der Waals surface area contributed by atoms with Crippen LogP contribution in [0.1, 0.15) is 19.0 Å². The maximum Gasteiger partial charge on any atom is 0.333 e. The number of aryl methyl sites for hydroxylation is 2. The van der Waals surface area contributed by atoms with Gasteiger partial charge < -0.3 is 10.1 Å². The largest absolute Gasteiger partial charge is 0.379 e. The molecule has 8 heteroatoms. The molecule has 0 saturated carbocycles. The van der Waals surface area contributed by atoms with Gasteiger partial charge in [-0.3, -0.25) is 15.0 Å². The highest BCUT2D eigenvalue weighted by Crippen LogP contribution is 2.28. The molecule has 8 nitrogen and oxygen atoms in total. The van der Waals surface area contributed by atoms with Crippen molar-refractivity contribution in [1.82, 2.24) is 14.7 Å². The molecule has 0 bridgehead atoms. The maximum absolute atomic E-state index is 11.2. The van der Waals surface area contributed by atoms with Crippen LogP contribution in [0.4, 0.5) is 11.5 Å². The van der Waals surface area contributed by atoms with Crippen molar-refractivity contribution in [2.24, 2.45) is 0 Å². The van der Waals surface area contributed by atoms with E-state index in [0.29, 0.717) is 24.6 Å². The van der Waals surface area contributed by atoms with Crippen LogP contribution >= 0.6 is 0 Å². The van der Waals surface area contributed by atoms with E-state index in [-0.39, 0.29) is 10.6 Å². The monoisotopic (exact) mass is 297 g/mol. The van der Waals surface area contributed by atoms with E-state index in [1.165, 1.54) is 0 Å². The highest BCUT2D eigenvalue weighted by Gasteiger charge is 2.24. The van der Waals surface area contributed by atoms with Crippen molar-refractivity contribution in [3.05, 3.63) is 15.8 Å². The normalized spacial score (nSPS) is 16.1. The first kappa shape index (κ1) is 15.7. The number of hydrogen-bond acceptors (Lipinski definition) is 6. The second-order valence-electron chi connectivity index (χ2n) is 5.14. The highest BCUT2D eigenvalue weighted by atomic mass is 16.6. The summed E-state index contributed by atoms with van der Waals surface area (Å²) in [5.74, 6) is 0.521. The molecule has 0 aromatic carbocycles. The molecule has 21 heavy (non-hydrogen) atoms. The van der Waals surface area contributed by atoms with E-state index in [1.54, 1.807) is 11.6 Å². The molecule has 1 aromatic heterocycles. The molecule has 0 spiro atoms. The average Bonchev–Trinajstić information content (AvgIpc) is 2.76. The SMILES string of the molecule is CCCn1nc(C)c([N+](=O)[O-])c1NCCN1CCOCC1. The van der Waals surface area contributed by atoms with Crippen molar-refractivity contribution in [1.29, 1.82) is 0 Å². The summed E-state index contributed by atoms with van der Waals surface area (Å²) in [6, 6.07) is 0. The molecule has 2 rings (SSSR count). The van der Waals surface area contributed by atoms with E-state index >= 15 is 0 Å². The molecule has 2 heterocycles. The van der Waals surface area contributed by atoms with E-state index in [0.717, 1.165) is 39.3 Å². The predicted octanol–water partition coefficient (Wildman–Crippen LogP) is 1.25. The first-order chi connectivity index (χ1) is 10.1. The lowest BCUT2D eigenvalue weighted by molar-refractivity contribution is -0.384. The summed E-state index contributed by atoms with van der Waals surface area (Å²) in [4.78, 5) is 13.1. The summed E-state index contributed by atoms with van der Waals surface area (Å²) >= 11 is 0. The molecule has 0 unspecified atom stereocenters. The van der Waals surface area contributed by atoms with Crippen LogP contribution in [0.25, 0.3) is 0 Å². The van der Waals surface area contributed by atoms with E-state index in [2.05, 4.69) is 15.3 Å². The number of ether oxygens (including phenoxy) is 1. The Morgan fingerprint density at radius 1 is 1.38 bits per heavy atom. The molecule has 1 aliphatic heterocycles. The van der Waals surface area contributed by atoms with Crippen molar-refractivity contribution in [2.75, 3.05) is 44.7 Å². The van der Waals surface area contributed by atoms with Crippen molar-refractivity contribution in [3.63, 3.8) is 0 Å². The second kappa shape index (κ2) is 7.37. The summed E-state index contributed by atoms with van der Waals surface area (Å²) < 4.78 is 7.00. The number of morpholine rings is 1. The number of rotatable bonds is 7. The third-order valence-electron chi connectivity index (χ3n) is 3.54. The minimum atomic E-state index is -0.356. The first-order valence-corrected chi connectivity index (χ1v) is 7.39. The molecule has 1 aliphatic rings. The van der Waals surface area contributed by atoms with Gasteiger partial charge in [-0.05, 0) is 13.3 Å². The number of nitro groups is 1. The van der Waals surface area contributed by atoms with Crippen LogP contribution < -0.4 is 5.32 Å². The minimum absolute atomic E-state index is 0.0884. The van der Waals surface area contributed by atoms with Gasteiger partial charge in [0.05, 0.1) is 18.1 Å². The summed E-state index contributed by atoms with van der Waals surface area (Å²) in [5.41, 5.74) is 0.549. The summed E-state index contributed by atoms with van der Waals surface area (Å²) in [6.07, 6.45) is 0.885. The Morgan fingerprint density at radius 3 is 2.71 bits per heavy atom.